The van der Waals surface area contributed by atoms with E-state index in [4.69, 9.17) is 0 Å². The average molecular weight is 673 g/mol. The molecule has 8 rings (SSSR count). The number of piperazine rings is 1. The first-order valence-electron chi connectivity index (χ1n) is 17.1. The van der Waals surface area contributed by atoms with Crippen molar-refractivity contribution >= 4 is 22.6 Å². The van der Waals surface area contributed by atoms with Gasteiger partial charge in [-0.2, -0.15) is 0 Å². The Balaban J connectivity index is 1.06. The highest BCUT2D eigenvalue weighted by Crippen LogP contribution is 2.29. The number of halogens is 1. The Morgan fingerprint density at radius 2 is 1.72 bits per heavy atom. The highest BCUT2D eigenvalue weighted by Gasteiger charge is 2.28. The Labute approximate surface area is 287 Å². The van der Waals surface area contributed by atoms with E-state index in [1.807, 2.05) is 42.6 Å². The fourth-order valence-electron chi connectivity index (χ4n) is 7.27. The van der Waals surface area contributed by atoms with E-state index in [0.717, 1.165) is 56.1 Å². The molecule has 254 valence electrons. The van der Waals surface area contributed by atoms with Crippen LogP contribution in [0.5, 0.6) is 0 Å². The van der Waals surface area contributed by atoms with Crippen LogP contribution in [-0.4, -0.2) is 66.5 Å². The normalized spacial score (nSPS) is 18.4. The van der Waals surface area contributed by atoms with Crippen molar-refractivity contribution in [3.05, 3.63) is 129 Å². The predicted molar refractivity (Wildman–Crippen MR) is 189 cm³/mol. The number of carbonyl (C=O) groups excluding carboxylic acids is 1. The van der Waals surface area contributed by atoms with Crippen molar-refractivity contribution in [1.29, 1.82) is 0 Å². The summed E-state index contributed by atoms with van der Waals surface area (Å²) in [5, 5.41) is 6.49. The van der Waals surface area contributed by atoms with Crippen molar-refractivity contribution in [2.45, 2.75) is 44.3 Å². The molecule has 2 aromatic carbocycles. The minimum atomic E-state index is -0.653. The lowest BCUT2D eigenvalue weighted by Gasteiger charge is -2.30. The fourth-order valence-corrected chi connectivity index (χ4v) is 7.27. The summed E-state index contributed by atoms with van der Waals surface area (Å²) < 4.78 is 19.0. The maximum atomic E-state index is 14.5. The molecule has 0 spiro atoms. The number of nitrogens with one attached hydrogen (secondary N) is 2. The Kier molecular flexibility index (Phi) is 8.55. The van der Waals surface area contributed by atoms with Gasteiger partial charge in [-0.1, -0.05) is 42.5 Å². The molecule has 0 atom stereocenters. The molecule has 1 aliphatic heterocycles. The van der Waals surface area contributed by atoms with Gasteiger partial charge >= 0.3 is 5.69 Å². The van der Waals surface area contributed by atoms with Crippen LogP contribution in [0, 0.1) is 5.82 Å². The van der Waals surface area contributed by atoms with E-state index in [2.05, 4.69) is 49.8 Å². The van der Waals surface area contributed by atoms with Crippen molar-refractivity contribution in [2.75, 3.05) is 26.2 Å². The van der Waals surface area contributed by atoms with Gasteiger partial charge in [0.2, 0.25) is 0 Å². The second-order valence-corrected chi connectivity index (χ2v) is 13.2. The number of rotatable bonds is 7. The van der Waals surface area contributed by atoms with E-state index in [1.165, 1.54) is 14.7 Å². The molecule has 1 amide bonds. The third-order valence-electron chi connectivity index (χ3n) is 9.89. The number of pyridine rings is 2. The first kappa shape index (κ1) is 31.8. The van der Waals surface area contributed by atoms with Gasteiger partial charge in [-0.05, 0) is 72.7 Å². The molecular weight excluding hydrogens is 635 g/mol. The summed E-state index contributed by atoms with van der Waals surface area (Å²) in [6, 6.07) is 22.1. The van der Waals surface area contributed by atoms with Crippen LogP contribution in [-0.2, 0) is 6.54 Å². The molecule has 5 heterocycles. The third kappa shape index (κ3) is 6.23. The average Bonchev–Trinajstić information content (AvgIpc) is 3.59. The zero-order chi connectivity index (χ0) is 34.2. The quantitative estimate of drug-likeness (QED) is 0.260. The molecule has 1 saturated heterocycles. The Morgan fingerprint density at radius 3 is 2.50 bits per heavy atom. The number of imidazole rings is 1. The number of benzene rings is 2. The van der Waals surface area contributed by atoms with E-state index in [1.54, 1.807) is 16.7 Å². The summed E-state index contributed by atoms with van der Waals surface area (Å²) >= 11 is 0. The van der Waals surface area contributed by atoms with Crippen LogP contribution >= 0.6 is 0 Å². The maximum absolute atomic E-state index is 14.5. The number of fused-ring (bicyclic) bond motifs is 2. The van der Waals surface area contributed by atoms with Crippen LogP contribution < -0.4 is 21.9 Å². The first-order chi connectivity index (χ1) is 24.4. The number of hydrogen-bond donors (Lipinski definition) is 2. The van der Waals surface area contributed by atoms with Crippen LogP contribution in [0.1, 0.15) is 47.8 Å². The molecule has 0 bridgehead atoms. The fraction of sp³-hybridized carbons (Fsp3) is 0.289. The molecule has 1 aliphatic carbocycles. The lowest BCUT2D eigenvalue weighted by atomic mass is 9.90. The summed E-state index contributed by atoms with van der Waals surface area (Å²) in [5.41, 5.74) is 3.68. The monoisotopic (exact) mass is 672 g/mol. The van der Waals surface area contributed by atoms with Crippen molar-refractivity contribution in [3.8, 4) is 16.8 Å². The SMILES string of the molecule is O=C(NC1CCC(n2c(=O)c3cc(F)cnc3n(-c3cccc(-c4ccc(CN5CCNCC5)cc4)c3)c2=O)CC1)c1cn2ccccc2n1. The molecule has 2 aliphatic rings. The zero-order valence-electron chi connectivity index (χ0n) is 27.5. The smallest absolute Gasteiger partial charge is 0.337 e. The minimum Gasteiger partial charge on any atom is -0.348 e. The van der Waals surface area contributed by atoms with Gasteiger partial charge in [0.05, 0.1) is 17.3 Å². The lowest BCUT2D eigenvalue weighted by molar-refractivity contribution is 0.0917. The summed E-state index contributed by atoms with van der Waals surface area (Å²) in [4.78, 5) is 52.2. The standard InChI is InChI=1S/C38H37FN8O3/c39-28-21-32-35(41-22-28)46(31-5-3-4-27(20-31)26-9-7-25(8-10-26)23-44-18-15-40-16-19-44)38(50)47(37(32)49)30-13-11-29(12-14-30)42-36(48)33-24-45-17-2-1-6-34(45)43-33/h1-10,17,20-22,24,29-30,40H,11-16,18-19,23H2,(H,42,48). The number of carbonyl (C=O) groups is 1. The van der Waals surface area contributed by atoms with Crippen molar-refractivity contribution in [2.24, 2.45) is 0 Å². The van der Waals surface area contributed by atoms with Gasteiger partial charge in [0.15, 0.2) is 5.65 Å². The number of amides is 1. The number of nitrogens with zero attached hydrogens (tertiary/aromatic N) is 6. The van der Waals surface area contributed by atoms with E-state index >= 15 is 0 Å². The number of aromatic nitrogens is 5. The third-order valence-corrected chi connectivity index (χ3v) is 9.89. The van der Waals surface area contributed by atoms with E-state index in [-0.39, 0.29) is 23.0 Å². The molecular formula is C38H37FN8O3. The van der Waals surface area contributed by atoms with Gasteiger partial charge in [-0.25, -0.2) is 23.7 Å². The van der Waals surface area contributed by atoms with Crippen molar-refractivity contribution < 1.29 is 9.18 Å². The summed E-state index contributed by atoms with van der Waals surface area (Å²) in [6.45, 7) is 4.93. The molecule has 2 fully saturated rings. The van der Waals surface area contributed by atoms with E-state index in [0.29, 0.717) is 42.7 Å². The molecule has 0 radical (unpaired) electrons. The van der Waals surface area contributed by atoms with Gasteiger partial charge in [0, 0.05) is 57.2 Å². The Morgan fingerprint density at radius 1 is 0.920 bits per heavy atom. The number of hydrogen-bond acceptors (Lipinski definition) is 7. The highest BCUT2D eigenvalue weighted by molar-refractivity contribution is 5.93. The van der Waals surface area contributed by atoms with E-state index < -0.39 is 23.1 Å². The molecule has 12 heteroatoms. The minimum absolute atomic E-state index is 0.0366. The molecule has 1 saturated carbocycles. The molecule has 6 aromatic rings. The lowest BCUT2D eigenvalue weighted by Crippen LogP contribution is -2.45. The van der Waals surface area contributed by atoms with Crippen LogP contribution in [0.25, 0.3) is 33.5 Å². The predicted octanol–water partition coefficient (Wildman–Crippen LogP) is 4.32. The topological polar surface area (TPSA) is 119 Å². The van der Waals surface area contributed by atoms with Crippen LogP contribution in [0.4, 0.5) is 4.39 Å². The van der Waals surface area contributed by atoms with Crippen molar-refractivity contribution in [1.82, 2.24) is 39.0 Å². The maximum Gasteiger partial charge on any atom is 0.337 e. The molecule has 11 nitrogen and oxygen atoms in total. The summed E-state index contributed by atoms with van der Waals surface area (Å²) in [7, 11) is 0. The van der Waals surface area contributed by atoms with Gasteiger partial charge in [0.1, 0.15) is 17.2 Å². The Hall–Kier alpha value is -5.46. The second kappa shape index (κ2) is 13.4. The highest BCUT2D eigenvalue weighted by atomic mass is 19.1. The Bertz CT molecular complexity index is 2280. The molecule has 50 heavy (non-hydrogen) atoms. The largest absolute Gasteiger partial charge is 0.348 e. The van der Waals surface area contributed by atoms with Gasteiger partial charge in [-0.3, -0.25) is 19.1 Å². The first-order valence-corrected chi connectivity index (χ1v) is 17.1. The van der Waals surface area contributed by atoms with Gasteiger partial charge < -0.3 is 15.0 Å². The molecule has 2 N–H and O–H groups in total. The summed E-state index contributed by atoms with van der Waals surface area (Å²) in [6.07, 6.45) is 6.66. The molecule has 4 aromatic heterocycles. The van der Waals surface area contributed by atoms with Crippen molar-refractivity contribution in [3.63, 3.8) is 0 Å². The zero-order valence-corrected chi connectivity index (χ0v) is 27.5. The van der Waals surface area contributed by atoms with E-state index in [9.17, 15) is 18.8 Å². The van der Waals surface area contributed by atoms with Gasteiger partial charge in [0.25, 0.3) is 11.5 Å². The van der Waals surface area contributed by atoms with Crippen LogP contribution in [0.3, 0.4) is 0 Å². The molecule has 0 unspecified atom stereocenters. The van der Waals surface area contributed by atoms with Crippen LogP contribution in [0.2, 0.25) is 0 Å². The second-order valence-electron chi connectivity index (χ2n) is 13.2. The summed E-state index contributed by atoms with van der Waals surface area (Å²) in [5.74, 6) is -0.919. The van der Waals surface area contributed by atoms with Gasteiger partial charge in [-0.15, -0.1) is 0 Å². The van der Waals surface area contributed by atoms with Crippen LogP contribution in [0.15, 0.2) is 101 Å².